The van der Waals surface area contributed by atoms with E-state index in [0.717, 1.165) is 36.3 Å². The van der Waals surface area contributed by atoms with Gasteiger partial charge in [0.2, 0.25) is 5.88 Å². The predicted octanol–water partition coefficient (Wildman–Crippen LogP) is 1.62. The van der Waals surface area contributed by atoms with Gasteiger partial charge in [0.1, 0.15) is 23.9 Å². The Morgan fingerprint density at radius 1 is 1.53 bits per heavy atom. The number of hydrogen-bond acceptors (Lipinski definition) is 6. The smallest absolute Gasteiger partial charge is 0.225 e. The quantitative estimate of drug-likeness (QED) is 0.921. The number of nitrogens with zero attached hydrogens (tertiary/aromatic N) is 2. The van der Waals surface area contributed by atoms with Crippen molar-refractivity contribution in [2.75, 3.05) is 26.3 Å². The zero-order valence-corrected chi connectivity index (χ0v) is 11.7. The van der Waals surface area contributed by atoms with Crippen LogP contribution in [-0.4, -0.2) is 42.4 Å². The van der Waals surface area contributed by atoms with Gasteiger partial charge >= 0.3 is 0 Å². The lowest BCUT2D eigenvalue weighted by molar-refractivity contribution is -0.000402. The molecule has 102 valence electrons. The molecule has 1 N–H and O–H groups in total. The molecule has 1 atom stereocenters. The molecule has 2 aromatic heterocycles. The van der Waals surface area contributed by atoms with Gasteiger partial charge in [-0.2, -0.15) is 0 Å². The van der Waals surface area contributed by atoms with E-state index in [9.17, 15) is 0 Å². The van der Waals surface area contributed by atoms with Crippen molar-refractivity contribution < 1.29 is 9.47 Å². The van der Waals surface area contributed by atoms with Crippen LogP contribution in [0.5, 0.6) is 5.88 Å². The van der Waals surface area contributed by atoms with Crippen molar-refractivity contribution in [1.29, 1.82) is 0 Å². The lowest BCUT2D eigenvalue weighted by Gasteiger charge is -2.23. The van der Waals surface area contributed by atoms with Crippen LogP contribution in [0.25, 0.3) is 10.2 Å². The first-order chi connectivity index (χ1) is 9.36. The molecule has 0 saturated carbocycles. The molecule has 1 saturated heterocycles. The number of aryl methyl sites for hydroxylation is 1. The summed E-state index contributed by atoms with van der Waals surface area (Å²) in [6, 6.07) is 2.12. The Kier molecular flexibility index (Phi) is 3.91. The highest BCUT2D eigenvalue weighted by atomic mass is 32.1. The summed E-state index contributed by atoms with van der Waals surface area (Å²) in [6.45, 7) is 5.15. The van der Waals surface area contributed by atoms with E-state index in [0.29, 0.717) is 12.5 Å². The molecule has 5 nitrogen and oxygen atoms in total. The van der Waals surface area contributed by atoms with Gasteiger partial charge in [0, 0.05) is 18.0 Å². The molecular weight excluding hydrogens is 262 g/mol. The van der Waals surface area contributed by atoms with E-state index in [-0.39, 0.29) is 6.10 Å². The van der Waals surface area contributed by atoms with Gasteiger partial charge in [0.15, 0.2) is 0 Å². The molecular formula is C13H17N3O2S. The monoisotopic (exact) mass is 279 g/mol. The van der Waals surface area contributed by atoms with E-state index < -0.39 is 0 Å². The van der Waals surface area contributed by atoms with Crippen LogP contribution in [0.3, 0.4) is 0 Å². The molecule has 0 amide bonds. The predicted molar refractivity (Wildman–Crippen MR) is 74.9 cm³/mol. The number of aromatic nitrogens is 2. The topological polar surface area (TPSA) is 56.3 Å². The number of thiophene rings is 1. The first-order valence-corrected chi connectivity index (χ1v) is 7.37. The average Bonchev–Trinajstić information content (AvgIpc) is 2.90. The number of morpholine rings is 1. The molecule has 3 heterocycles. The van der Waals surface area contributed by atoms with Gasteiger partial charge in [-0.3, -0.25) is 0 Å². The van der Waals surface area contributed by atoms with Crippen molar-refractivity contribution >= 4 is 21.6 Å². The van der Waals surface area contributed by atoms with E-state index >= 15 is 0 Å². The van der Waals surface area contributed by atoms with Gasteiger partial charge in [-0.1, -0.05) is 6.92 Å². The summed E-state index contributed by atoms with van der Waals surface area (Å²) in [5.41, 5.74) is 0. The summed E-state index contributed by atoms with van der Waals surface area (Å²) in [6.07, 6.45) is 2.67. The van der Waals surface area contributed by atoms with Crippen molar-refractivity contribution in [2.45, 2.75) is 19.4 Å². The van der Waals surface area contributed by atoms with Crippen LogP contribution in [0.15, 0.2) is 12.4 Å². The number of rotatable bonds is 4. The van der Waals surface area contributed by atoms with E-state index in [4.69, 9.17) is 9.47 Å². The molecule has 3 rings (SSSR count). The van der Waals surface area contributed by atoms with Gasteiger partial charge in [0.25, 0.3) is 0 Å². The van der Waals surface area contributed by atoms with E-state index in [2.05, 4.69) is 28.3 Å². The van der Waals surface area contributed by atoms with Gasteiger partial charge in [-0.05, 0) is 12.5 Å². The minimum Gasteiger partial charge on any atom is -0.474 e. The number of hydrogen-bond donors (Lipinski definition) is 1. The summed E-state index contributed by atoms with van der Waals surface area (Å²) in [7, 11) is 0. The Morgan fingerprint density at radius 2 is 2.47 bits per heavy atom. The second-order valence-electron chi connectivity index (χ2n) is 4.47. The third-order valence-electron chi connectivity index (χ3n) is 3.10. The lowest BCUT2D eigenvalue weighted by Crippen LogP contribution is -2.41. The molecule has 0 aliphatic carbocycles. The fraction of sp³-hybridized carbons (Fsp3) is 0.538. The van der Waals surface area contributed by atoms with Crippen molar-refractivity contribution in [3.05, 3.63) is 17.3 Å². The largest absolute Gasteiger partial charge is 0.474 e. The van der Waals surface area contributed by atoms with Crippen molar-refractivity contribution in [3.8, 4) is 5.88 Å². The second-order valence-corrected chi connectivity index (χ2v) is 5.59. The molecule has 19 heavy (non-hydrogen) atoms. The lowest BCUT2D eigenvalue weighted by atomic mass is 10.3. The number of ether oxygens (including phenoxy) is 2. The molecule has 0 aromatic carbocycles. The van der Waals surface area contributed by atoms with E-state index in [1.165, 1.54) is 4.88 Å². The van der Waals surface area contributed by atoms with Crippen LogP contribution in [0.1, 0.15) is 11.8 Å². The van der Waals surface area contributed by atoms with Crippen LogP contribution in [0, 0.1) is 0 Å². The van der Waals surface area contributed by atoms with Crippen LogP contribution >= 0.6 is 11.3 Å². The standard InChI is InChI=1S/C13H17N3O2S/c1-2-10-5-11-12(15-8-16-13(11)19-10)18-7-9-6-14-3-4-17-9/h5,8-9,14H,2-4,6-7H2,1H3. The SMILES string of the molecule is CCc1cc2c(OCC3CNCCO3)ncnc2s1. The van der Waals surface area contributed by atoms with Gasteiger partial charge in [-0.25, -0.2) is 9.97 Å². The highest BCUT2D eigenvalue weighted by molar-refractivity contribution is 7.18. The van der Waals surface area contributed by atoms with E-state index in [1.807, 2.05) is 0 Å². The zero-order valence-electron chi connectivity index (χ0n) is 10.9. The van der Waals surface area contributed by atoms with Crippen molar-refractivity contribution in [3.63, 3.8) is 0 Å². The van der Waals surface area contributed by atoms with Crippen LogP contribution in [-0.2, 0) is 11.2 Å². The third kappa shape index (κ3) is 2.86. The molecule has 6 heteroatoms. The number of fused-ring (bicyclic) bond motifs is 1. The summed E-state index contributed by atoms with van der Waals surface area (Å²) >= 11 is 1.70. The summed E-state index contributed by atoms with van der Waals surface area (Å²) in [4.78, 5) is 10.8. The summed E-state index contributed by atoms with van der Waals surface area (Å²) in [5.74, 6) is 0.662. The zero-order chi connectivity index (χ0) is 13.1. The highest BCUT2D eigenvalue weighted by Crippen LogP contribution is 2.29. The van der Waals surface area contributed by atoms with Crippen LogP contribution in [0.4, 0.5) is 0 Å². The summed E-state index contributed by atoms with van der Waals surface area (Å²) in [5, 5.41) is 4.29. The maximum atomic E-state index is 5.81. The molecule has 0 bridgehead atoms. The van der Waals surface area contributed by atoms with Gasteiger partial charge < -0.3 is 14.8 Å². The molecule has 2 aromatic rings. The first kappa shape index (κ1) is 12.8. The fourth-order valence-corrected chi connectivity index (χ4v) is 3.00. The molecule has 1 aliphatic rings. The maximum Gasteiger partial charge on any atom is 0.225 e. The Morgan fingerprint density at radius 3 is 3.26 bits per heavy atom. The number of nitrogens with one attached hydrogen (secondary N) is 1. The maximum absolute atomic E-state index is 5.81. The molecule has 0 radical (unpaired) electrons. The second kappa shape index (κ2) is 5.81. The Labute approximate surface area is 116 Å². The molecule has 1 aliphatic heterocycles. The average molecular weight is 279 g/mol. The molecule has 0 spiro atoms. The van der Waals surface area contributed by atoms with Gasteiger partial charge in [0.05, 0.1) is 12.0 Å². The Hall–Kier alpha value is -1.24. The minimum atomic E-state index is 0.100. The Balaban J connectivity index is 1.74. The summed E-state index contributed by atoms with van der Waals surface area (Å²) < 4.78 is 11.4. The van der Waals surface area contributed by atoms with E-state index in [1.54, 1.807) is 17.7 Å². The first-order valence-electron chi connectivity index (χ1n) is 6.55. The fourth-order valence-electron chi connectivity index (χ4n) is 2.07. The normalized spacial score (nSPS) is 19.7. The van der Waals surface area contributed by atoms with Crippen molar-refractivity contribution in [2.24, 2.45) is 0 Å². The molecule has 1 fully saturated rings. The third-order valence-corrected chi connectivity index (χ3v) is 4.29. The van der Waals surface area contributed by atoms with Crippen molar-refractivity contribution in [1.82, 2.24) is 15.3 Å². The van der Waals surface area contributed by atoms with Gasteiger partial charge in [-0.15, -0.1) is 11.3 Å². The minimum absolute atomic E-state index is 0.100. The van der Waals surface area contributed by atoms with Crippen LogP contribution in [0.2, 0.25) is 0 Å². The Bertz CT molecular complexity index is 552. The van der Waals surface area contributed by atoms with Crippen LogP contribution < -0.4 is 10.1 Å². The highest BCUT2D eigenvalue weighted by Gasteiger charge is 2.16. The molecule has 1 unspecified atom stereocenters.